The van der Waals surface area contributed by atoms with E-state index >= 15 is 0 Å². The molecule has 240 valence electrons. The predicted molar refractivity (Wildman–Crippen MR) is 188 cm³/mol. The number of para-hydroxylation sites is 2. The van der Waals surface area contributed by atoms with Crippen LogP contribution >= 0.6 is 15.9 Å². The van der Waals surface area contributed by atoms with E-state index in [0.717, 1.165) is 20.9 Å². The zero-order chi connectivity index (χ0) is 33.5. The van der Waals surface area contributed by atoms with E-state index in [0.29, 0.717) is 51.9 Å². The summed E-state index contributed by atoms with van der Waals surface area (Å²) in [7, 11) is 0. The number of halogens is 1. The summed E-state index contributed by atoms with van der Waals surface area (Å²) in [5, 5.41) is 0. The highest BCUT2D eigenvalue weighted by atomic mass is 79.9. The van der Waals surface area contributed by atoms with Crippen molar-refractivity contribution in [3.05, 3.63) is 154 Å². The van der Waals surface area contributed by atoms with Gasteiger partial charge in [0.25, 0.3) is 11.8 Å². The minimum Gasteiger partial charge on any atom is -0.490 e. The van der Waals surface area contributed by atoms with Gasteiger partial charge in [0.2, 0.25) is 0 Å². The summed E-state index contributed by atoms with van der Waals surface area (Å²) in [6.45, 7) is 2.94. The van der Waals surface area contributed by atoms with Gasteiger partial charge in [-0.05, 0) is 78.7 Å². The maximum Gasteiger partial charge on any atom is 0.343 e. The number of carbonyl (C=O) groups is 3. The summed E-state index contributed by atoms with van der Waals surface area (Å²) in [4.78, 5) is 43.5. The SMILES string of the molecule is CCOc1cc(COc2ccc(Br)cc2C=C2C(=O)N(c3ccccc3)C(=O)N(c3ccccc3)C2=O)ccc1OCc1ccccc1. The van der Waals surface area contributed by atoms with Crippen LogP contribution in [0.4, 0.5) is 16.2 Å². The standard InChI is InChI=1S/C39H31BrN2O6/c1-2-46-36-22-28(18-20-35(36)48-25-27-12-6-3-7-13-27)26-47-34-21-19-30(40)23-29(34)24-33-37(43)41(31-14-8-4-9-15-31)39(45)42(38(33)44)32-16-10-5-11-17-32/h3-24H,2,25-26H2,1H3. The Morgan fingerprint density at radius 2 is 1.12 bits per heavy atom. The molecule has 1 heterocycles. The summed E-state index contributed by atoms with van der Waals surface area (Å²) in [5.74, 6) is 0.178. The smallest absolute Gasteiger partial charge is 0.343 e. The van der Waals surface area contributed by atoms with Crippen molar-refractivity contribution < 1.29 is 28.6 Å². The molecule has 9 heteroatoms. The Balaban J connectivity index is 1.30. The highest BCUT2D eigenvalue weighted by Gasteiger charge is 2.43. The number of hydrogen-bond acceptors (Lipinski definition) is 6. The molecule has 0 bridgehead atoms. The summed E-state index contributed by atoms with van der Waals surface area (Å²) >= 11 is 3.50. The lowest BCUT2D eigenvalue weighted by Gasteiger charge is -2.34. The Labute approximate surface area is 286 Å². The zero-order valence-corrected chi connectivity index (χ0v) is 27.6. The van der Waals surface area contributed by atoms with Gasteiger partial charge in [-0.1, -0.05) is 88.7 Å². The average Bonchev–Trinajstić information content (AvgIpc) is 3.11. The van der Waals surface area contributed by atoms with Gasteiger partial charge in [0.15, 0.2) is 11.5 Å². The number of anilines is 2. The highest BCUT2D eigenvalue weighted by Crippen LogP contribution is 2.34. The summed E-state index contributed by atoms with van der Waals surface area (Å²) in [5.41, 5.74) is 2.85. The first-order chi connectivity index (χ1) is 23.4. The monoisotopic (exact) mass is 702 g/mol. The third-order valence-electron chi connectivity index (χ3n) is 7.49. The fourth-order valence-electron chi connectivity index (χ4n) is 5.18. The van der Waals surface area contributed by atoms with E-state index in [-0.39, 0.29) is 12.2 Å². The number of benzene rings is 5. The number of carbonyl (C=O) groups excluding carboxylic acids is 3. The normalized spacial score (nSPS) is 13.0. The van der Waals surface area contributed by atoms with E-state index in [1.165, 1.54) is 6.08 Å². The van der Waals surface area contributed by atoms with Crippen LogP contribution in [0.15, 0.2) is 137 Å². The topological polar surface area (TPSA) is 85.4 Å². The largest absolute Gasteiger partial charge is 0.490 e. The van der Waals surface area contributed by atoms with Crippen LogP contribution in [0.25, 0.3) is 6.08 Å². The first-order valence-corrected chi connectivity index (χ1v) is 16.1. The summed E-state index contributed by atoms with van der Waals surface area (Å²) < 4.78 is 18.9. The Morgan fingerprint density at radius 3 is 1.73 bits per heavy atom. The van der Waals surface area contributed by atoms with Crippen molar-refractivity contribution >= 4 is 51.2 Å². The quantitative estimate of drug-likeness (QED) is 0.101. The van der Waals surface area contributed by atoms with Crippen LogP contribution in [0, 0.1) is 0 Å². The van der Waals surface area contributed by atoms with Crippen LogP contribution in [0.3, 0.4) is 0 Å². The minimum atomic E-state index is -0.758. The molecule has 1 fully saturated rings. The van der Waals surface area contributed by atoms with Crippen LogP contribution in [0.5, 0.6) is 17.2 Å². The number of barbiturate groups is 1. The van der Waals surface area contributed by atoms with Crippen molar-refractivity contribution in [2.45, 2.75) is 20.1 Å². The van der Waals surface area contributed by atoms with Gasteiger partial charge in [-0.25, -0.2) is 14.6 Å². The summed E-state index contributed by atoms with van der Waals surface area (Å²) in [6, 6.07) is 37.1. The number of amides is 4. The lowest BCUT2D eigenvalue weighted by Crippen LogP contribution is -2.57. The number of hydrogen-bond donors (Lipinski definition) is 0. The molecule has 0 aromatic heterocycles. The first-order valence-electron chi connectivity index (χ1n) is 15.3. The molecule has 8 nitrogen and oxygen atoms in total. The molecule has 4 amide bonds. The van der Waals surface area contributed by atoms with Crippen LogP contribution in [-0.2, 0) is 22.8 Å². The Morgan fingerprint density at radius 1 is 0.583 bits per heavy atom. The number of nitrogens with zero attached hydrogens (tertiary/aromatic N) is 2. The fraction of sp³-hybridized carbons (Fsp3) is 0.103. The second-order valence-corrected chi connectivity index (χ2v) is 11.7. The fourth-order valence-corrected chi connectivity index (χ4v) is 5.56. The molecule has 0 unspecified atom stereocenters. The Kier molecular flexibility index (Phi) is 9.97. The predicted octanol–water partition coefficient (Wildman–Crippen LogP) is 8.59. The molecule has 0 atom stereocenters. The molecule has 48 heavy (non-hydrogen) atoms. The maximum absolute atomic E-state index is 13.9. The molecule has 0 radical (unpaired) electrons. The molecule has 5 aromatic rings. The van der Waals surface area contributed by atoms with Crippen molar-refractivity contribution in [2.75, 3.05) is 16.4 Å². The average molecular weight is 704 g/mol. The molecular formula is C39H31BrN2O6. The molecule has 0 saturated carbocycles. The lowest BCUT2D eigenvalue weighted by molar-refractivity contribution is -0.121. The van der Waals surface area contributed by atoms with E-state index < -0.39 is 17.8 Å². The van der Waals surface area contributed by atoms with Gasteiger partial charge in [-0.15, -0.1) is 0 Å². The molecule has 1 saturated heterocycles. The lowest BCUT2D eigenvalue weighted by atomic mass is 10.0. The van der Waals surface area contributed by atoms with E-state index in [1.54, 1.807) is 72.8 Å². The molecule has 0 spiro atoms. The van der Waals surface area contributed by atoms with Gasteiger partial charge in [-0.3, -0.25) is 9.59 Å². The van der Waals surface area contributed by atoms with Gasteiger partial charge in [0, 0.05) is 10.0 Å². The molecule has 6 rings (SSSR count). The highest BCUT2D eigenvalue weighted by molar-refractivity contribution is 9.10. The second-order valence-electron chi connectivity index (χ2n) is 10.8. The zero-order valence-electron chi connectivity index (χ0n) is 26.0. The molecule has 0 N–H and O–H groups in total. The second kappa shape index (κ2) is 14.8. The third-order valence-corrected chi connectivity index (χ3v) is 7.98. The number of imide groups is 2. The molecule has 0 aliphatic carbocycles. The van der Waals surface area contributed by atoms with Gasteiger partial charge in [-0.2, -0.15) is 0 Å². The number of rotatable bonds is 11. The van der Waals surface area contributed by atoms with Gasteiger partial charge in [0.05, 0.1) is 18.0 Å². The van der Waals surface area contributed by atoms with Crippen LogP contribution in [-0.4, -0.2) is 24.5 Å². The van der Waals surface area contributed by atoms with E-state index in [1.807, 2.05) is 61.5 Å². The number of urea groups is 1. The maximum atomic E-state index is 13.9. The number of ether oxygens (including phenoxy) is 3. The molecule has 1 aliphatic heterocycles. The van der Waals surface area contributed by atoms with Crippen LogP contribution in [0.2, 0.25) is 0 Å². The van der Waals surface area contributed by atoms with Crippen LogP contribution < -0.4 is 24.0 Å². The third kappa shape index (κ3) is 7.16. The van der Waals surface area contributed by atoms with Gasteiger partial charge in [0.1, 0.15) is 24.5 Å². The Bertz CT molecular complexity index is 1900. The van der Waals surface area contributed by atoms with E-state index in [4.69, 9.17) is 14.2 Å². The van der Waals surface area contributed by atoms with Gasteiger partial charge < -0.3 is 14.2 Å². The van der Waals surface area contributed by atoms with Crippen molar-refractivity contribution in [1.29, 1.82) is 0 Å². The van der Waals surface area contributed by atoms with Crippen molar-refractivity contribution in [1.82, 2.24) is 0 Å². The van der Waals surface area contributed by atoms with E-state index in [9.17, 15) is 14.4 Å². The summed E-state index contributed by atoms with van der Waals surface area (Å²) in [6.07, 6.45) is 1.47. The first kappa shape index (κ1) is 32.3. The van der Waals surface area contributed by atoms with Crippen molar-refractivity contribution in [3.63, 3.8) is 0 Å². The van der Waals surface area contributed by atoms with Crippen LogP contribution in [0.1, 0.15) is 23.6 Å². The molecule has 1 aliphatic rings. The van der Waals surface area contributed by atoms with Gasteiger partial charge >= 0.3 is 6.03 Å². The van der Waals surface area contributed by atoms with Crippen molar-refractivity contribution in [3.8, 4) is 17.2 Å². The van der Waals surface area contributed by atoms with E-state index in [2.05, 4.69) is 15.9 Å². The molecular weight excluding hydrogens is 672 g/mol. The molecule has 5 aromatic carbocycles. The Hall–Kier alpha value is -5.67. The minimum absolute atomic E-state index is 0.170. The van der Waals surface area contributed by atoms with Crippen molar-refractivity contribution in [2.24, 2.45) is 0 Å².